The molecule has 0 unspecified atom stereocenters. The number of anilines is 2. The molecule has 0 bridgehead atoms. The third-order valence-corrected chi connectivity index (χ3v) is 6.49. The minimum atomic E-state index is -3.74. The SMILES string of the molecule is Cn1c(=O)n(C)c2cc(NC(=O)CN(c3ccc(Oc4ccccc4)cc3)S(C)(=O)=O)ccc21. The van der Waals surface area contributed by atoms with Gasteiger partial charge in [0, 0.05) is 19.8 Å². The number of para-hydroxylation sites is 1. The highest BCUT2D eigenvalue weighted by Crippen LogP contribution is 2.25. The van der Waals surface area contributed by atoms with Gasteiger partial charge in [-0.1, -0.05) is 18.2 Å². The monoisotopic (exact) mass is 480 g/mol. The lowest BCUT2D eigenvalue weighted by Gasteiger charge is -2.22. The number of carbonyl (C=O) groups excluding carboxylic acids is 1. The standard InChI is InChI=1S/C24H24N4O5S/c1-26-21-14-9-17(15-22(21)27(2)24(26)30)25-23(29)16-28(34(3,31)32)18-10-12-20(13-11-18)33-19-7-5-4-6-8-19/h4-15H,16H2,1-3H3,(H,25,29). The van der Waals surface area contributed by atoms with Crippen molar-refractivity contribution in [2.24, 2.45) is 14.1 Å². The van der Waals surface area contributed by atoms with Crippen molar-refractivity contribution in [2.45, 2.75) is 0 Å². The number of ether oxygens (including phenoxy) is 1. The number of hydrogen-bond acceptors (Lipinski definition) is 5. The van der Waals surface area contributed by atoms with Crippen molar-refractivity contribution >= 4 is 38.3 Å². The van der Waals surface area contributed by atoms with Crippen LogP contribution in [0, 0.1) is 0 Å². The van der Waals surface area contributed by atoms with Crippen molar-refractivity contribution in [3.8, 4) is 11.5 Å². The van der Waals surface area contributed by atoms with E-state index in [0.29, 0.717) is 28.4 Å². The first-order valence-electron chi connectivity index (χ1n) is 10.4. The van der Waals surface area contributed by atoms with Crippen molar-refractivity contribution in [3.05, 3.63) is 83.3 Å². The van der Waals surface area contributed by atoms with Crippen LogP contribution in [-0.4, -0.2) is 36.3 Å². The minimum Gasteiger partial charge on any atom is -0.457 e. The highest BCUT2D eigenvalue weighted by molar-refractivity contribution is 7.92. The van der Waals surface area contributed by atoms with Gasteiger partial charge >= 0.3 is 5.69 Å². The molecule has 0 aliphatic heterocycles. The Morgan fingerprint density at radius 1 is 0.912 bits per heavy atom. The Morgan fingerprint density at radius 2 is 1.53 bits per heavy atom. The Balaban J connectivity index is 1.51. The Bertz CT molecular complexity index is 1510. The number of fused-ring (bicyclic) bond motifs is 1. The van der Waals surface area contributed by atoms with Crippen molar-refractivity contribution in [3.63, 3.8) is 0 Å². The van der Waals surface area contributed by atoms with Crippen LogP contribution in [0.4, 0.5) is 11.4 Å². The molecular weight excluding hydrogens is 456 g/mol. The number of amides is 1. The van der Waals surface area contributed by atoms with E-state index >= 15 is 0 Å². The number of carbonyl (C=O) groups is 1. The molecular formula is C24H24N4O5S. The summed E-state index contributed by atoms with van der Waals surface area (Å²) in [5.74, 6) is 0.674. The van der Waals surface area contributed by atoms with E-state index in [1.807, 2.05) is 30.3 Å². The van der Waals surface area contributed by atoms with Gasteiger partial charge in [-0.3, -0.25) is 18.2 Å². The van der Waals surface area contributed by atoms with E-state index in [9.17, 15) is 18.0 Å². The molecule has 0 fully saturated rings. The molecule has 0 radical (unpaired) electrons. The maximum atomic E-state index is 12.7. The smallest absolute Gasteiger partial charge is 0.328 e. The first kappa shape index (κ1) is 23.1. The van der Waals surface area contributed by atoms with Gasteiger partial charge in [-0.05, 0) is 54.6 Å². The number of sulfonamides is 1. The minimum absolute atomic E-state index is 0.179. The van der Waals surface area contributed by atoms with Crippen LogP contribution in [-0.2, 0) is 28.9 Å². The summed E-state index contributed by atoms with van der Waals surface area (Å²) in [6.45, 7) is -0.413. The second-order valence-electron chi connectivity index (χ2n) is 7.83. The average Bonchev–Trinajstić information content (AvgIpc) is 3.02. The molecule has 3 aromatic carbocycles. The molecule has 1 heterocycles. The van der Waals surface area contributed by atoms with Crippen molar-refractivity contribution in [1.29, 1.82) is 0 Å². The van der Waals surface area contributed by atoms with Crippen LogP contribution in [0.25, 0.3) is 11.0 Å². The van der Waals surface area contributed by atoms with Gasteiger partial charge < -0.3 is 10.1 Å². The lowest BCUT2D eigenvalue weighted by molar-refractivity contribution is -0.114. The fourth-order valence-corrected chi connectivity index (χ4v) is 4.48. The van der Waals surface area contributed by atoms with E-state index in [4.69, 9.17) is 4.74 Å². The fourth-order valence-electron chi connectivity index (χ4n) is 3.62. The molecule has 34 heavy (non-hydrogen) atoms. The summed E-state index contributed by atoms with van der Waals surface area (Å²) in [6, 6.07) is 20.7. The third-order valence-electron chi connectivity index (χ3n) is 5.35. The van der Waals surface area contributed by atoms with Crippen LogP contribution >= 0.6 is 0 Å². The van der Waals surface area contributed by atoms with Crippen LogP contribution in [0.15, 0.2) is 77.6 Å². The lowest BCUT2D eigenvalue weighted by atomic mass is 10.2. The molecule has 1 aromatic heterocycles. The highest BCUT2D eigenvalue weighted by atomic mass is 32.2. The molecule has 1 N–H and O–H groups in total. The van der Waals surface area contributed by atoms with E-state index in [-0.39, 0.29) is 5.69 Å². The number of aromatic nitrogens is 2. The first-order chi connectivity index (χ1) is 16.1. The Kier molecular flexibility index (Phi) is 6.16. The maximum absolute atomic E-state index is 12.7. The lowest BCUT2D eigenvalue weighted by Crippen LogP contribution is -2.37. The van der Waals surface area contributed by atoms with Gasteiger partial charge in [-0.2, -0.15) is 0 Å². The van der Waals surface area contributed by atoms with Gasteiger partial charge in [0.2, 0.25) is 15.9 Å². The first-order valence-corrected chi connectivity index (χ1v) is 12.2. The van der Waals surface area contributed by atoms with E-state index in [2.05, 4.69) is 5.32 Å². The Hall–Kier alpha value is -4.05. The molecule has 0 aliphatic rings. The van der Waals surface area contributed by atoms with Gasteiger partial charge in [-0.25, -0.2) is 13.2 Å². The fraction of sp³-hybridized carbons (Fsp3) is 0.167. The number of benzene rings is 3. The molecule has 9 nitrogen and oxygen atoms in total. The van der Waals surface area contributed by atoms with Crippen LogP contribution in [0.1, 0.15) is 0 Å². The van der Waals surface area contributed by atoms with E-state index in [1.54, 1.807) is 56.6 Å². The predicted molar refractivity (Wildman–Crippen MR) is 132 cm³/mol. The van der Waals surface area contributed by atoms with Crippen molar-refractivity contribution in [1.82, 2.24) is 9.13 Å². The van der Waals surface area contributed by atoms with Crippen molar-refractivity contribution < 1.29 is 17.9 Å². The summed E-state index contributed by atoms with van der Waals surface area (Å²) in [7, 11) is -0.422. The summed E-state index contributed by atoms with van der Waals surface area (Å²) in [6.07, 6.45) is 1.04. The molecule has 4 rings (SSSR count). The number of hydrogen-bond donors (Lipinski definition) is 1. The molecule has 1 amide bonds. The summed E-state index contributed by atoms with van der Waals surface area (Å²) in [4.78, 5) is 24.8. The largest absolute Gasteiger partial charge is 0.457 e. The quantitative estimate of drug-likeness (QED) is 0.438. The predicted octanol–water partition coefficient (Wildman–Crippen LogP) is 3.07. The number of nitrogens with one attached hydrogen (secondary N) is 1. The summed E-state index contributed by atoms with van der Waals surface area (Å²) < 4.78 is 34.6. The molecule has 10 heteroatoms. The highest BCUT2D eigenvalue weighted by Gasteiger charge is 2.21. The second-order valence-corrected chi connectivity index (χ2v) is 9.74. The molecule has 176 valence electrons. The van der Waals surface area contributed by atoms with Gasteiger partial charge in [0.25, 0.3) is 0 Å². The normalized spacial score (nSPS) is 11.4. The van der Waals surface area contributed by atoms with Gasteiger partial charge in [0.1, 0.15) is 18.0 Å². The number of aryl methyl sites for hydroxylation is 2. The molecule has 0 atom stereocenters. The van der Waals surface area contributed by atoms with E-state index < -0.39 is 22.5 Å². The number of rotatable bonds is 7. The van der Waals surface area contributed by atoms with Crippen LogP contribution in [0.3, 0.4) is 0 Å². The molecule has 4 aromatic rings. The maximum Gasteiger partial charge on any atom is 0.328 e. The number of imidazole rings is 1. The molecule has 0 saturated carbocycles. The van der Waals surface area contributed by atoms with Crippen LogP contribution in [0.2, 0.25) is 0 Å². The van der Waals surface area contributed by atoms with Gasteiger partial charge in [-0.15, -0.1) is 0 Å². The summed E-state index contributed by atoms with van der Waals surface area (Å²) in [5.41, 5.74) is 1.99. The second kappa shape index (κ2) is 9.06. The average molecular weight is 481 g/mol. The Labute approximate surface area is 196 Å². The molecule has 0 spiro atoms. The molecule has 0 saturated heterocycles. The van der Waals surface area contributed by atoms with E-state index in [0.717, 1.165) is 16.1 Å². The summed E-state index contributed by atoms with van der Waals surface area (Å²) >= 11 is 0. The van der Waals surface area contributed by atoms with Gasteiger partial charge in [0.05, 0.1) is 23.0 Å². The zero-order valence-corrected chi connectivity index (χ0v) is 19.7. The zero-order valence-electron chi connectivity index (χ0n) is 18.9. The Morgan fingerprint density at radius 3 is 2.18 bits per heavy atom. The van der Waals surface area contributed by atoms with Crippen LogP contribution < -0.4 is 20.0 Å². The summed E-state index contributed by atoms with van der Waals surface area (Å²) in [5, 5.41) is 2.71. The van der Waals surface area contributed by atoms with Crippen LogP contribution in [0.5, 0.6) is 11.5 Å². The van der Waals surface area contributed by atoms with E-state index in [1.165, 1.54) is 9.13 Å². The zero-order chi connectivity index (χ0) is 24.5. The van der Waals surface area contributed by atoms with Gasteiger partial charge in [0.15, 0.2) is 0 Å². The third kappa shape index (κ3) is 4.81. The molecule has 0 aliphatic carbocycles. The topological polar surface area (TPSA) is 103 Å². The number of nitrogens with zero attached hydrogens (tertiary/aromatic N) is 3. The van der Waals surface area contributed by atoms with Crippen molar-refractivity contribution in [2.75, 3.05) is 22.4 Å².